The van der Waals surface area contributed by atoms with Crippen LogP contribution in [-0.4, -0.2) is 63.8 Å². The van der Waals surface area contributed by atoms with E-state index < -0.39 is 11.7 Å². The quantitative estimate of drug-likeness (QED) is 0.632. The lowest BCUT2D eigenvalue weighted by atomic mass is 10.2. The number of nitrogens with one attached hydrogen (secondary N) is 1. The van der Waals surface area contributed by atoms with Crippen molar-refractivity contribution in [3.63, 3.8) is 0 Å². The molecule has 0 unspecified atom stereocenters. The summed E-state index contributed by atoms with van der Waals surface area (Å²) in [5.74, 6) is 0.718. The minimum Gasteiger partial charge on any atom is -0.354 e. The normalized spacial score (nSPS) is 15.0. The zero-order valence-corrected chi connectivity index (χ0v) is 18.3. The average molecular weight is 459 g/mol. The number of pyridine rings is 2. The second kappa shape index (κ2) is 9.18. The monoisotopic (exact) mass is 459 g/mol. The topological polar surface area (TPSA) is 79.2 Å². The van der Waals surface area contributed by atoms with Crippen LogP contribution in [0.2, 0.25) is 0 Å². The number of anilines is 1. The maximum Gasteiger partial charge on any atom is 0.417 e. The first kappa shape index (κ1) is 22.7. The summed E-state index contributed by atoms with van der Waals surface area (Å²) in [7, 11) is 2.08. The van der Waals surface area contributed by atoms with Crippen molar-refractivity contribution in [2.45, 2.75) is 19.6 Å². The number of hydrogen-bond acceptors (Lipinski definition) is 6. The summed E-state index contributed by atoms with van der Waals surface area (Å²) in [6, 6.07) is 5.93. The highest BCUT2D eigenvalue weighted by Crippen LogP contribution is 2.29. The van der Waals surface area contributed by atoms with E-state index in [2.05, 4.69) is 37.2 Å². The van der Waals surface area contributed by atoms with Crippen molar-refractivity contribution in [1.29, 1.82) is 0 Å². The molecule has 0 aromatic carbocycles. The molecule has 1 amide bonds. The maximum atomic E-state index is 12.8. The van der Waals surface area contributed by atoms with Gasteiger partial charge in [0.15, 0.2) is 5.82 Å². The Hall–Kier alpha value is -3.47. The van der Waals surface area contributed by atoms with Gasteiger partial charge < -0.3 is 15.1 Å². The number of halogens is 3. The number of nitrogens with zero attached hydrogens (tertiary/aromatic N) is 6. The molecule has 8 nitrogen and oxygen atoms in total. The van der Waals surface area contributed by atoms with Gasteiger partial charge in [0, 0.05) is 50.7 Å². The van der Waals surface area contributed by atoms with Crippen LogP contribution in [0.3, 0.4) is 0 Å². The third kappa shape index (κ3) is 4.98. The van der Waals surface area contributed by atoms with E-state index in [0.717, 1.165) is 49.8 Å². The van der Waals surface area contributed by atoms with Crippen molar-refractivity contribution in [3.8, 4) is 5.82 Å². The van der Waals surface area contributed by atoms with Crippen molar-refractivity contribution in [3.05, 3.63) is 65.2 Å². The SMILES string of the molecule is Cc1c(C(=O)NCc2cccnc2N2CCN(C)CC2)cnn1-c1ccc(C(F)(F)F)cn1. The summed E-state index contributed by atoms with van der Waals surface area (Å²) >= 11 is 0. The van der Waals surface area contributed by atoms with E-state index in [0.29, 0.717) is 11.3 Å². The predicted molar refractivity (Wildman–Crippen MR) is 116 cm³/mol. The summed E-state index contributed by atoms with van der Waals surface area (Å²) in [4.78, 5) is 25.6. The van der Waals surface area contributed by atoms with Gasteiger partial charge in [0.05, 0.1) is 23.0 Å². The molecular weight excluding hydrogens is 435 g/mol. The van der Waals surface area contributed by atoms with E-state index in [1.54, 1.807) is 13.1 Å². The minimum absolute atomic E-state index is 0.198. The Balaban J connectivity index is 1.46. The Bertz CT molecular complexity index is 1120. The largest absolute Gasteiger partial charge is 0.417 e. The average Bonchev–Trinajstić information content (AvgIpc) is 3.19. The fourth-order valence-electron chi connectivity index (χ4n) is 3.68. The third-order valence-electron chi connectivity index (χ3n) is 5.66. The van der Waals surface area contributed by atoms with Crippen LogP contribution in [0.1, 0.15) is 27.2 Å². The number of rotatable bonds is 5. The lowest BCUT2D eigenvalue weighted by Gasteiger charge is -2.34. The molecule has 0 aliphatic carbocycles. The lowest BCUT2D eigenvalue weighted by molar-refractivity contribution is -0.137. The molecule has 1 saturated heterocycles. The second-order valence-electron chi connectivity index (χ2n) is 7.92. The van der Waals surface area contributed by atoms with Gasteiger partial charge in [-0.05, 0) is 32.2 Å². The highest BCUT2D eigenvalue weighted by Gasteiger charge is 2.31. The number of likely N-dealkylation sites (N-methyl/N-ethyl adjacent to an activating group) is 1. The zero-order chi connectivity index (χ0) is 23.6. The van der Waals surface area contributed by atoms with E-state index in [1.807, 2.05) is 12.1 Å². The smallest absolute Gasteiger partial charge is 0.354 e. The molecule has 0 atom stereocenters. The van der Waals surface area contributed by atoms with E-state index >= 15 is 0 Å². The first-order valence-corrected chi connectivity index (χ1v) is 10.5. The number of amides is 1. The molecule has 1 fully saturated rings. The number of aromatic nitrogens is 4. The standard InChI is InChI=1S/C22H24F3N7O/c1-15-18(14-29-32(15)19-6-5-17(13-27-19)22(23,24)25)21(33)28-12-16-4-3-7-26-20(16)31-10-8-30(2)9-11-31/h3-7,13-14H,8-12H2,1-2H3,(H,28,33). The Kier molecular flexibility index (Phi) is 6.32. The summed E-state index contributed by atoms with van der Waals surface area (Å²) < 4.78 is 39.7. The first-order valence-electron chi connectivity index (χ1n) is 10.5. The summed E-state index contributed by atoms with van der Waals surface area (Å²) in [5.41, 5.74) is 0.860. The van der Waals surface area contributed by atoms with Crippen LogP contribution in [0.15, 0.2) is 42.9 Å². The molecule has 4 rings (SSSR count). The number of carbonyl (C=O) groups is 1. The van der Waals surface area contributed by atoms with Crippen molar-refractivity contribution in [2.75, 3.05) is 38.1 Å². The summed E-state index contributed by atoms with van der Waals surface area (Å²) in [5, 5.41) is 7.04. The zero-order valence-electron chi connectivity index (χ0n) is 18.3. The van der Waals surface area contributed by atoms with Gasteiger partial charge in [-0.1, -0.05) is 6.07 Å². The molecule has 1 aliphatic rings. The van der Waals surface area contributed by atoms with E-state index in [1.165, 1.54) is 16.9 Å². The van der Waals surface area contributed by atoms with Gasteiger partial charge in [-0.25, -0.2) is 14.6 Å². The first-order chi connectivity index (χ1) is 15.7. The molecule has 11 heteroatoms. The van der Waals surface area contributed by atoms with Crippen LogP contribution in [0.4, 0.5) is 19.0 Å². The Morgan fingerprint density at radius 1 is 1.09 bits per heavy atom. The molecule has 0 spiro atoms. The van der Waals surface area contributed by atoms with Crippen LogP contribution < -0.4 is 10.2 Å². The van der Waals surface area contributed by atoms with Crippen LogP contribution in [0.5, 0.6) is 0 Å². The molecular formula is C22H24F3N7O. The predicted octanol–water partition coefficient (Wildman–Crippen LogP) is 2.67. The second-order valence-corrected chi connectivity index (χ2v) is 7.92. The number of alkyl halides is 3. The Morgan fingerprint density at radius 3 is 2.52 bits per heavy atom. The molecule has 0 radical (unpaired) electrons. The van der Waals surface area contributed by atoms with E-state index in [9.17, 15) is 18.0 Å². The molecule has 1 aliphatic heterocycles. The fraction of sp³-hybridized carbons (Fsp3) is 0.364. The van der Waals surface area contributed by atoms with Gasteiger partial charge in [-0.15, -0.1) is 0 Å². The third-order valence-corrected chi connectivity index (χ3v) is 5.66. The van der Waals surface area contributed by atoms with Crippen LogP contribution >= 0.6 is 0 Å². The minimum atomic E-state index is -4.47. The molecule has 0 bridgehead atoms. The lowest BCUT2D eigenvalue weighted by Crippen LogP contribution is -2.45. The van der Waals surface area contributed by atoms with E-state index in [4.69, 9.17) is 0 Å². The highest BCUT2D eigenvalue weighted by atomic mass is 19.4. The van der Waals surface area contributed by atoms with Gasteiger partial charge in [0.2, 0.25) is 0 Å². The van der Waals surface area contributed by atoms with Gasteiger partial charge in [-0.2, -0.15) is 18.3 Å². The van der Waals surface area contributed by atoms with Crippen molar-refractivity contribution in [2.24, 2.45) is 0 Å². The highest BCUT2D eigenvalue weighted by molar-refractivity contribution is 5.95. The molecule has 4 heterocycles. The van der Waals surface area contributed by atoms with Crippen molar-refractivity contribution < 1.29 is 18.0 Å². The molecule has 3 aromatic heterocycles. The molecule has 1 N–H and O–H groups in total. The van der Waals surface area contributed by atoms with Crippen LogP contribution in [-0.2, 0) is 12.7 Å². The molecule has 33 heavy (non-hydrogen) atoms. The molecule has 0 saturated carbocycles. The Labute approximate surface area is 189 Å². The van der Waals surface area contributed by atoms with Crippen LogP contribution in [0, 0.1) is 6.92 Å². The number of carbonyl (C=O) groups excluding carboxylic acids is 1. The maximum absolute atomic E-state index is 12.8. The fourth-order valence-corrected chi connectivity index (χ4v) is 3.68. The Morgan fingerprint density at radius 2 is 1.85 bits per heavy atom. The number of piperazine rings is 1. The van der Waals surface area contributed by atoms with Gasteiger partial charge in [0.25, 0.3) is 5.91 Å². The van der Waals surface area contributed by atoms with Crippen molar-refractivity contribution >= 4 is 11.7 Å². The van der Waals surface area contributed by atoms with Crippen molar-refractivity contribution in [1.82, 2.24) is 30.0 Å². The van der Waals surface area contributed by atoms with E-state index in [-0.39, 0.29) is 18.3 Å². The van der Waals surface area contributed by atoms with Gasteiger partial charge >= 0.3 is 6.18 Å². The van der Waals surface area contributed by atoms with Gasteiger partial charge in [-0.3, -0.25) is 4.79 Å². The summed E-state index contributed by atoms with van der Waals surface area (Å²) in [6.45, 7) is 5.57. The van der Waals surface area contributed by atoms with Gasteiger partial charge in [0.1, 0.15) is 5.82 Å². The molecule has 174 valence electrons. The summed E-state index contributed by atoms with van der Waals surface area (Å²) in [6.07, 6.45) is -0.595. The van der Waals surface area contributed by atoms with Crippen LogP contribution in [0.25, 0.3) is 5.82 Å². The number of hydrogen-bond donors (Lipinski definition) is 1. The molecule has 3 aromatic rings.